The summed E-state index contributed by atoms with van der Waals surface area (Å²) in [6.07, 6.45) is 12.8. The van der Waals surface area contributed by atoms with Gasteiger partial charge in [0.25, 0.3) is 0 Å². The number of carboxylic acid groups (broad SMARTS) is 1. The molecule has 4 aromatic heterocycles. The Bertz CT molecular complexity index is 3760. The largest absolute Gasteiger partial charge is 0.480 e. The van der Waals surface area contributed by atoms with Crippen LogP contribution in [-0.2, 0) is 39.1 Å². The maximum Gasteiger partial charge on any atom is 0.407 e. The number of hydrogen-bond donors (Lipinski definition) is 6. The molecule has 4 aliphatic heterocycles. The molecule has 6 atom stereocenters. The van der Waals surface area contributed by atoms with Crippen LogP contribution in [0.1, 0.15) is 151 Å². The van der Waals surface area contributed by atoms with Gasteiger partial charge in [0.1, 0.15) is 23.3 Å². The van der Waals surface area contributed by atoms with Crippen LogP contribution in [0, 0.1) is 13.8 Å². The number of aryl methyl sites for hydroxylation is 2. The van der Waals surface area contributed by atoms with Gasteiger partial charge in [0, 0.05) is 41.7 Å². The number of carboxylic acids is 1. The number of alkyl carbamates (subject to hydrolysis) is 2. The molecule has 10 rings (SSSR count). The number of carbonyl (C=O) groups is 4. The quantitative estimate of drug-likeness (QED) is 0.0597. The normalized spacial score (nSPS) is 19.8. The number of rotatable bonds is 14. The minimum absolute atomic E-state index is 0.0555. The van der Waals surface area contributed by atoms with E-state index in [4.69, 9.17) is 34.7 Å². The summed E-state index contributed by atoms with van der Waals surface area (Å²) in [4.78, 5) is 65.2. The number of aliphatic carboxylic acids is 1. The fourth-order valence-electron chi connectivity index (χ4n) is 11.2. The first-order chi connectivity index (χ1) is 41.8. The lowest BCUT2D eigenvalue weighted by Gasteiger charge is -2.37. The molecule has 2 unspecified atom stereocenters. The number of anilines is 2. The highest BCUT2D eigenvalue weighted by Gasteiger charge is 2.38. The third-order valence-corrected chi connectivity index (χ3v) is 17.8. The summed E-state index contributed by atoms with van der Waals surface area (Å²) in [6, 6.07) is 15.4. The molecular formula is C60H82Br2N14O11S2. The smallest absolute Gasteiger partial charge is 0.407 e. The topological polar surface area (TPSA) is 305 Å². The average Bonchev–Trinajstić information content (AvgIpc) is 1.73. The fourth-order valence-corrected chi connectivity index (χ4v) is 13.5. The number of likely N-dealkylation sites (tertiary alicyclic amines) is 1. The second-order valence-corrected chi connectivity index (χ2v) is 30.2. The number of piperidine rings is 2. The number of hydrogen-bond acceptors (Lipinski definition) is 17. The molecule has 4 saturated heterocycles. The minimum atomic E-state index is -3.69. The molecule has 4 aliphatic rings. The van der Waals surface area contributed by atoms with Gasteiger partial charge in [0.05, 0.1) is 60.5 Å². The average molecular weight is 1400 g/mol. The van der Waals surface area contributed by atoms with Gasteiger partial charge in [0.2, 0.25) is 26.0 Å². The lowest BCUT2D eigenvalue weighted by atomic mass is 9.97. The number of halogens is 2. The Labute approximate surface area is 537 Å². The van der Waals surface area contributed by atoms with Gasteiger partial charge in [-0.1, -0.05) is 74.7 Å². The molecule has 484 valence electrons. The van der Waals surface area contributed by atoms with Crippen molar-refractivity contribution < 1.29 is 50.6 Å². The van der Waals surface area contributed by atoms with Crippen LogP contribution in [0.15, 0.2) is 82.0 Å². The Balaban J connectivity index is 0.000000194. The van der Waals surface area contributed by atoms with Crippen molar-refractivity contribution >= 4 is 98.9 Å². The predicted octanol–water partition coefficient (Wildman–Crippen LogP) is 8.33. The van der Waals surface area contributed by atoms with Gasteiger partial charge in [-0.2, -0.15) is 9.44 Å². The molecular weight excluding hydrogens is 1320 g/mol. The highest BCUT2D eigenvalue weighted by molar-refractivity contribution is 9.10. The van der Waals surface area contributed by atoms with E-state index in [1.165, 1.54) is 12.8 Å². The Morgan fingerprint density at radius 2 is 1.10 bits per heavy atom. The minimum Gasteiger partial charge on any atom is -0.480 e. The van der Waals surface area contributed by atoms with Crippen LogP contribution in [-0.4, -0.2) is 155 Å². The number of fused-ring (bicyclic) bond motifs is 2. The third kappa shape index (κ3) is 19.0. The Hall–Kier alpha value is -6.50. The van der Waals surface area contributed by atoms with E-state index in [2.05, 4.69) is 80.0 Å². The number of amides is 3. The zero-order valence-corrected chi connectivity index (χ0v) is 56.7. The summed E-state index contributed by atoms with van der Waals surface area (Å²) >= 11 is 6.66. The van der Waals surface area contributed by atoms with Gasteiger partial charge in [0.15, 0.2) is 22.9 Å². The molecule has 0 spiro atoms. The van der Waals surface area contributed by atoms with E-state index in [1.807, 2.05) is 77.5 Å². The molecule has 25 nitrogen and oxygen atoms in total. The number of imidazole rings is 2. The predicted molar refractivity (Wildman–Crippen MR) is 346 cm³/mol. The number of nitrogens with zero attached hydrogens (tertiary/aromatic N) is 9. The standard InChI is InChI=1S/C30H40BrN7O5S.C21H32N6O2.C9H10BrNO4S/c1-19-16-25-33-23(18-38(25)34-27(19)36-15-13-20(17-36)32-29(40)43-30(2,3)4)24-12-8-9-14-37(24)28(39)26(35-44(5,41)42)21-10-6-7-11-22(21)31;1-14-11-18-24-17(16-7-5-6-9-22-16)13-27(18)25-19(14)26-10-8-15(12-26)23-20(28)29-21(2,3)4;1-16(14,15)11-8(9(12)13)6-4-2-3-5-7(6)10/h6-7,10-11,16,18,20,24,26,35H,8-9,12-15,17H2,1-5H3,(H,32,40);11,13,15-16,22H,5-10,12H2,1-4H3,(H,23,28);2-5,8,11H,1H3,(H,12,13)/t20-,24-,26?;15-,16-;/m00./s1. The number of nitrogens with one attached hydrogen (secondary N) is 5. The third-order valence-electron chi connectivity index (χ3n) is 15.1. The second-order valence-electron chi connectivity index (χ2n) is 25.0. The van der Waals surface area contributed by atoms with E-state index < -0.39 is 55.4 Å². The Morgan fingerprint density at radius 1 is 0.640 bits per heavy atom. The number of benzene rings is 2. The summed E-state index contributed by atoms with van der Waals surface area (Å²) in [5, 5.41) is 28.2. The maximum atomic E-state index is 14.1. The first-order valence-electron chi connectivity index (χ1n) is 29.7. The zero-order chi connectivity index (χ0) is 64.8. The first kappa shape index (κ1) is 68.4. The van der Waals surface area contributed by atoms with Gasteiger partial charge < -0.3 is 45.2 Å². The van der Waals surface area contributed by atoms with Gasteiger partial charge in [-0.05, 0) is 153 Å². The monoisotopic (exact) mass is 1400 g/mol. The number of aromatic nitrogens is 6. The molecule has 8 heterocycles. The first-order valence-corrected chi connectivity index (χ1v) is 35.1. The van der Waals surface area contributed by atoms with Crippen LogP contribution < -0.4 is 35.2 Å². The van der Waals surface area contributed by atoms with Crippen molar-refractivity contribution in [1.29, 1.82) is 0 Å². The molecule has 0 bridgehead atoms. The SMILES string of the molecule is CS(=O)(=O)NC(C(=O)O)c1ccccc1Br.Cc1cc2nc([C@@H]3CCCCN3)cn2nc1N1CC[C@H](NC(=O)OC(C)(C)C)C1.Cc1cc2nc([C@@H]3CCCCN3C(=O)C(NS(C)(=O)=O)c3ccccc3Br)cn2nc1N1CC[C@H](NC(=O)OC(C)(C)C)C1. The summed E-state index contributed by atoms with van der Waals surface area (Å²) in [6.45, 7) is 19.7. The van der Waals surface area contributed by atoms with E-state index in [0.29, 0.717) is 57.0 Å². The van der Waals surface area contributed by atoms with Crippen molar-refractivity contribution in [1.82, 2.24) is 59.5 Å². The Kier molecular flexibility index (Phi) is 22.1. The zero-order valence-electron chi connectivity index (χ0n) is 51.9. The maximum absolute atomic E-state index is 14.1. The van der Waals surface area contributed by atoms with Crippen molar-refractivity contribution in [2.45, 2.75) is 154 Å². The van der Waals surface area contributed by atoms with Crippen molar-refractivity contribution in [2.75, 3.05) is 61.6 Å². The van der Waals surface area contributed by atoms with E-state index in [9.17, 15) is 36.0 Å². The highest BCUT2D eigenvalue weighted by Crippen LogP contribution is 2.36. The molecule has 29 heteroatoms. The summed E-state index contributed by atoms with van der Waals surface area (Å²) in [5.41, 5.74) is 5.24. The summed E-state index contributed by atoms with van der Waals surface area (Å²) in [7, 11) is -7.28. The van der Waals surface area contributed by atoms with Gasteiger partial charge in [-0.15, -0.1) is 10.2 Å². The molecule has 0 radical (unpaired) electrons. The number of carbonyl (C=O) groups excluding carboxylic acids is 3. The molecule has 2 aromatic carbocycles. The van der Waals surface area contributed by atoms with Gasteiger partial charge in [-0.3, -0.25) is 9.59 Å². The van der Waals surface area contributed by atoms with Crippen LogP contribution in [0.4, 0.5) is 21.2 Å². The Morgan fingerprint density at radius 3 is 1.56 bits per heavy atom. The van der Waals surface area contributed by atoms with E-state index in [1.54, 1.807) is 51.9 Å². The van der Waals surface area contributed by atoms with E-state index in [0.717, 1.165) is 105 Å². The van der Waals surface area contributed by atoms with Crippen molar-refractivity contribution in [3.8, 4) is 0 Å². The van der Waals surface area contributed by atoms with Crippen LogP contribution in [0.2, 0.25) is 0 Å². The van der Waals surface area contributed by atoms with Crippen molar-refractivity contribution in [3.63, 3.8) is 0 Å². The van der Waals surface area contributed by atoms with Crippen LogP contribution in [0.5, 0.6) is 0 Å². The molecule has 0 aliphatic carbocycles. The highest BCUT2D eigenvalue weighted by atomic mass is 79.9. The number of sulfonamides is 2. The van der Waals surface area contributed by atoms with Crippen molar-refractivity contribution in [3.05, 3.63) is 116 Å². The van der Waals surface area contributed by atoms with Crippen LogP contribution >= 0.6 is 31.9 Å². The molecule has 3 amide bonds. The van der Waals surface area contributed by atoms with Crippen LogP contribution in [0.3, 0.4) is 0 Å². The summed E-state index contributed by atoms with van der Waals surface area (Å²) in [5.74, 6) is 0.177. The van der Waals surface area contributed by atoms with Crippen molar-refractivity contribution in [2.24, 2.45) is 0 Å². The van der Waals surface area contributed by atoms with Crippen LogP contribution in [0.25, 0.3) is 11.3 Å². The summed E-state index contributed by atoms with van der Waals surface area (Å²) < 4.78 is 67.0. The van der Waals surface area contributed by atoms with E-state index >= 15 is 0 Å². The number of ether oxygens (including phenoxy) is 2. The molecule has 6 N–H and O–H groups in total. The van der Waals surface area contributed by atoms with Gasteiger partial charge in [-0.25, -0.2) is 45.4 Å². The molecule has 0 saturated carbocycles. The van der Waals surface area contributed by atoms with E-state index in [-0.39, 0.29) is 30.1 Å². The molecule has 6 aromatic rings. The second kappa shape index (κ2) is 28.8. The lowest BCUT2D eigenvalue weighted by molar-refractivity contribution is -0.139. The van der Waals surface area contributed by atoms with Gasteiger partial charge >= 0.3 is 18.2 Å². The molecule has 4 fully saturated rings. The lowest BCUT2D eigenvalue weighted by Crippen LogP contribution is -2.46. The molecule has 89 heavy (non-hydrogen) atoms. The fraction of sp³-hybridized carbons (Fsp3) is 0.533.